The molecule has 2 rings (SSSR count). The minimum Gasteiger partial charge on any atom is -0.494 e. The molecule has 0 radical (unpaired) electrons. The first-order chi connectivity index (χ1) is 10.2. The Labute approximate surface area is 128 Å². The van der Waals surface area contributed by atoms with E-state index in [0.717, 1.165) is 17.7 Å². The Morgan fingerprint density at radius 3 is 2.62 bits per heavy atom. The highest BCUT2D eigenvalue weighted by Crippen LogP contribution is 2.22. The van der Waals surface area contributed by atoms with E-state index in [1.165, 1.54) is 12.1 Å². The Balaban J connectivity index is 1.81. The van der Waals surface area contributed by atoms with Gasteiger partial charge in [-0.1, -0.05) is 29.8 Å². The van der Waals surface area contributed by atoms with Crippen LogP contribution in [0.2, 0.25) is 5.02 Å². The second kappa shape index (κ2) is 7.66. The molecule has 2 aromatic rings. The average Bonchev–Trinajstić information content (AvgIpc) is 2.49. The summed E-state index contributed by atoms with van der Waals surface area (Å²) in [7, 11) is 0. The molecule has 4 heteroatoms. The van der Waals surface area contributed by atoms with Crippen LogP contribution >= 0.6 is 11.6 Å². The smallest absolute Gasteiger partial charge is 0.123 e. The fraction of sp³-hybridized carbons (Fsp3) is 0.235. The van der Waals surface area contributed by atoms with Crippen molar-refractivity contribution in [2.75, 3.05) is 6.61 Å². The minimum atomic E-state index is -0.292. The molecule has 21 heavy (non-hydrogen) atoms. The van der Waals surface area contributed by atoms with Gasteiger partial charge in [-0.05, 0) is 48.7 Å². The zero-order valence-electron chi connectivity index (χ0n) is 11.4. The monoisotopic (exact) mass is 303 g/mol. The number of nitrogens with zero attached hydrogens (tertiary/aromatic N) is 1. The number of hydrogen-bond acceptors (Lipinski definition) is 2. The second-order valence-electron chi connectivity index (χ2n) is 4.68. The lowest BCUT2D eigenvalue weighted by molar-refractivity contribution is 0.305. The topological polar surface area (TPSA) is 33.0 Å². The van der Waals surface area contributed by atoms with E-state index < -0.39 is 0 Å². The van der Waals surface area contributed by atoms with E-state index in [9.17, 15) is 9.65 Å². The Hall–Kier alpha value is -2.05. The van der Waals surface area contributed by atoms with Crippen LogP contribution in [0.1, 0.15) is 24.3 Å². The van der Waals surface area contributed by atoms with Crippen LogP contribution in [0.15, 0.2) is 48.5 Å². The van der Waals surface area contributed by atoms with Crippen molar-refractivity contribution in [1.29, 1.82) is 5.26 Å². The highest BCUT2D eigenvalue weighted by Gasteiger charge is 2.10. The SMILES string of the molecule is N#CC(CCCOc1cccc(Cl)c1)c1ccc(F)cc1. The van der Waals surface area contributed by atoms with Crippen LogP contribution in [0.5, 0.6) is 5.75 Å². The third kappa shape index (κ3) is 4.77. The predicted molar refractivity (Wildman–Crippen MR) is 80.9 cm³/mol. The largest absolute Gasteiger partial charge is 0.494 e. The van der Waals surface area contributed by atoms with Crippen LogP contribution in [-0.2, 0) is 0 Å². The van der Waals surface area contributed by atoms with Crippen molar-refractivity contribution in [3.05, 3.63) is 64.9 Å². The molecule has 0 aromatic heterocycles. The van der Waals surface area contributed by atoms with Crippen molar-refractivity contribution in [3.63, 3.8) is 0 Å². The number of halogens is 2. The lowest BCUT2D eigenvalue weighted by atomic mass is 9.96. The average molecular weight is 304 g/mol. The van der Waals surface area contributed by atoms with Gasteiger partial charge in [0.25, 0.3) is 0 Å². The Morgan fingerprint density at radius 1 is 1.19 bits per heavy atom. The van der Waals surface area contributed by atoms with Gasteiger partial charge in [-0.15, -0.1) is 0 Å². The molecule has 0 aliphatic heterocycles. The van der Waals surface area contributed by atoms with Gasteiger partial charge in [-0.25, -0.2) is 4.39 Å². The van der Waals surface area contributed by atoms with Gasteiger partial charge in [0.15, 0.2) is 0 Å². The summed E-state index contributed by atoms with van der Waals surface area (Å²) in [6, 6.07) is 15.5. The lowest BCUT2D eigenvalue weighted by Crippen LogP contribution is -2.02. The van der Waals surface area contributed by atoms with Crippen LogP contribution in [-0.4, -0.2) is 6.61 Å². The highest BCUT2D eigenvalue weighted by atomic mass is 35.5. The third-order valence-corrected chi connectivity index (χ3v) is 3.37. The number of nitriles is 1. The van der Waals surface area contributed by atoms with Gasteiger partial charge in [0.2, 0.25) is 0 Å². The van der Waals surface area contributed by atoms with Gasteiger partial charge in [-0.2, -0.15) is 5.26 Å². The summed E-state index contributed by atoms with van der Waals surface area (Å²) < 4.78 is 18.5. The van der Waals surface area contributed by atoms with E-state index in [-0.39, 0.29) is 11.7 Å². The van der Waals surface area contributed by atoms with E-state index in [2.05, 4.69) is 6.07 Å². The van der Waals surface area contributed by atoms with E-state index in [4.69, 9.17) is 16.3 Å². The number of ether oxygens (including phenoxy) is 1. The van der Waals surface area contributed by atoms with Crippen molar-refractivity contribution in [2.45, 2.75) is 18.8 Å². The van der Waals surface area contributed by atoms with Crippen LogP contribution < -0.4 is 4.74 Å². The van der Waals surface area contributed by atoms with Crippen molar-refractivity contribution >= 4 is 11.6 Å². The molecule has 2 nitrogen and oxygen atoms in total. The molecule has 108 valence electrons. The highest BCUT2D eigenvalue weighted by molar-refractivity contribution is 6.30. The maximum absolute atomic E-state index is 12.9. The van der Waals surface area contributed by atoms with Gasteiger partial charge in [0.1, 0.15) is 11.6 Å². The molecule has 2 aromatic carbocycles. The minimum absolute atomic E-state index is 0.242. The fourth-order valence-electron chi connectivity index (χ4n) is 2.04. The molecule has 1 unspecified atom stereocenters. The summed E-state index contributed by atoms with van der Waals surface area (Å²) in [5, 5.41) is 9.83. The van der Waals surface area contributed by atoms with Crippen LogP contribution in [0, 0.1) is 17.1 Å². The van der Waals surface area contributed by atoms with Crippen LogP contribution in [0.25, 0.3) is 0 Å². The van der Waals surface area contributed by atoms with E-state index >= 15 is 0 Å². The van der Waals surface area contributed by atoms with E-state index in [0.29, 0.717) is 18.1 Å². The van der Waals surface area contributed by atoms with Crippen molar-refractivity contribution in [3.8, 4) is 11.8 Å². The number of rotatable bonds is 6. The van der Waals surface area contributed by atoms with Gasteiger partial charge < -0.3 is 4.74 Å². The first kappa shape index (κ1) is 15.3. The third-order valence-electron chi connectivity index (χ3n) is 3.13. The maximum atomic E-state index is 12.9. The first-order valence-electron chi connectivity index (χ1n) is 6.72. The molecule has 0 aliphatic rings. The van der Waals surface area contributed by atoms with E-state index in [1.54, 1.807) is 24.3 Å². The molecule has 0 saturated heterocycles. The summed E-state index contributed by atoms with van der Waals surface area (Å²) in [5.41, 5.74) is 0.835. The molecular formula is C17H15ClFNO. The molecule has 0 amide bonds. The normalized spacial score (nSPS) is 11.7. The number of hydrogen-bond donors (Lipinski definition) is 0. The van der Waals surface area contributed by atoms with Crippen LogP contribution in [0.4, 0.5) is 4.39 Å². The second-order valence-corrected chi connectivity index (χ2v) is 5.12. The molecule has 0 N–H and O–H groups in total. The standard InChI is InChI=1S/C17H15ClFNO/c18-15-4-1-5-17(11-15)21-10-2-3-14(12-20)13-6-8-16(19)9-7-13/h1,4-9,11,14H,2-3,10H2. The Bertz CT molecular complexity index is 621. The van der Waals surface area contributed by atoms with E-state index in [1.807, 2.05) is 12.1 Å². The quantitative estimate of drug-likeness (QED) is 0.708. The van der Waals surface area contributed by atoms with Gasteiger partial charge >= 0.3 is 0 Å². The van der Waals surface area contributed by atoms with Crippen molar-refractivity contribution in [1.82, 2.24) is 0 Å². The Morgan fingerprint density at radius 2 is 1.95 bits per heavy atom. The molecule has 0 bridgehead atoms. The molecule has 1 atom stereocenters. The molecule has 0 fully saturated rings. The van der Waals surface area contributed by atoms with Gasteiger partial charge in [0.05, 0.1) is 18.6 Å². The molecule has 0 spiro atoms. The lowest BCUT2D eigenvalue weighted by Gasteiger charge is -2.10. The number of benzene rings is 2. The Kier molecular flexibility index (Phi) is 5.59. The summed E-state index contributed by atoms with van der Waals surface area (Å²) in [5.74, 6) is 0.186. The maximum Gasteiger partial charge on any atom is 0.123 e. The molecular weight excluding hydrogens is 289 g/mol. The zero-order valence-corrected chi connectivity index (χ0v) is 12.2. The summed E-state index contributed by atoms with van der Waals surface area (Å²) >= 11 is 5.87. The van der Waals surface area contributed by atoms with Crippen molar-refractivity contribution in [2.24, 2.45) is 0 Å². The van der Waals surface area contributed by atoms with Crippen LogP contribution in [0.3, 0.4) is 0 Å². The zero-order chi connectivity index (χ0) is 15.1. The summed E-state index contributed by atoms with van der Waals surface area (Å²) in [6.07, 6.45) is 1.41. The summed E-state index contributed by atoms with van der Waals surface area (Å²) in [4.78, 5) is 0. The van der Waals surface area contributed by atoms with Gasteiger partial charge in [0, 0.05) is 5.02 Å². The van der Waals surface area contributed by atoms with Crippen molar-refractivity contribution < 1.29 is 9.13 Å². The van der Waals surface area contributed by atoms with Gasteiger partial charge in [-0.3, -0.25) is 0 Å². The predicted octanol–water partition coefficient (Wildman–Crippen LogP) is 4.95. The summed E-state index contributed by atoms with van der Waals surface area (Å²) in [6.45, 7) is 0.514. The molecule has 0 heterocycles. The molecule has 0 aliphatic carbocycles. The fourth-order valence-corrected chi connectivity index (χ4v) is 2.22. The molecule has 0 saturated carbocycles. The first-order valence-corrected chi connectivity index (χ1v) is 7.10.